The van der Waals surface area contributed by atoms with Crippen LogP contribution in [0, 0.1) is 0 Å². The molecule has 1 saturated heterocycles. The average Bonchev–Trinajstić information content (AvgIpc) is 3.51. The molecule has 1 saturated carbocycles. The molecule has 172 valence electrons. The van der Waals surface area contributed by atoms with Gasteiger partial charge < -0.3 is 9.72 Å². The SMILES string of the molecule is CC(C)(C)OC(=O)N1CCN(c2cc(-c3cnc4[nH]cc(C5CC5)c4c3Cl)ccn2)C(=O)C1. The summed E-state index contributed by atoms with van der Waals surface area (Å²) in [5, 5.41) is 1.62. The van der Waals surface area contributed by atoms with Gasteiger partial charge in [0.15, 0.2) is 0 Å². The number of carbonyl (C=O) groups is 2. The van der Waals surface area contributed by atoms with Crippen LogP contribution >= 0.6 is 11.6 Å². The summed E-state index contributed by atoms with van der Waals surface area (Å²) in [6.07, 6.45) is 7.28. The molecule has 2 aliphatic rings. The number of H-pyrrole nitrogens is 1. The number of aromatic amines is 1. The highest BCUT2D eigenvalue weighted by Crippen LogP contribution is 2.46. The van der Waals surface area contributed by atoms with Gasteiger partial charge in [0, 0.05) is 42.6 Å². The minimum absolute atomic E-state index is 0.0524. The lowest BCUT2D eigenvalue weighted by atomic mass is 10.0. The second kappa shape index (κ2) is 8.02. The summed E-state index contributed by atoms with van der Waals surface area (Å²) in [5.41, 5.74) is 3.03. The molecule has 5 rings (SSSR count). The number of piperazine rings is 1. The van der Waals surface area contributed by atoms with Gasteiger partial charge in [-0.15, -0.1) is 0 Å². The number of fused-ring (bicyclic) bond motifs is 1. The van der Waals surface area contributed by atoms with Gasteiger partial charge in [0.2, 0.25) is 5.91 Å². The van der Waals surface area contributed by atoms with E-state index < -0.39 is 11.7 Å². The fourth-order valence-corrected chi connectivity index (χ4v) is 4.49. The Morgan fingerprint density at radius 2 is 2.03 bits per heavy atom. The Labute approximate surface area is 196 Å². The van der Waals surface area contributed by atoms with Crippen LogP contribution in [0.1, 0.15) is 45.1 Å². The second-order valence-electron chi connectivity index (χ2n) is 9.58. The molecule has 2 amide bonds. The normalized spacial score (nSPS) is 17.0. The van der Waals surface area contributed by atoms with E-state index in [4.69, 9.17) is 16.3 Å². The molecular formula is C24H26ClN5O3. The van der Waals surface area contributed by atoms with Crippen LogP contribution in [0.3, 0.4) is 0 Å². The van der Waals surface area contributed by atoms with Crippen molar-refractivity contribution in [2.75, 3.05) is 24.5 Å². The van der Waals surface area contributed by atoms with Crippen molar-refractivity contribution in [3.63, 3.8) is 0 Å². The van der Waals surface area contributed by atoms with Crippen molar-refractivity contribution in [1.29, 1.82) is 0 Å². The van der Waals surface area contributed by atoms with Crippen LogP contribution in [0.15, 0.2) is 30.7 Å². The van der Waals surface area contributed by atoms with E-state index in [1.54, 1.807) is 38.1 Å². The van der Waals surface area contributed by atoms with Crippen LogP contribution in [-0.4, -0.2) is 57.1 Å². The monoisotopic (exact) mass is 467 g/mol. The predicted octanol–water partition coefficient (Wildman–Crippen LogP) is 4.74. The van der Waals surface area contributed by atoms with Crippen molar-refractivity contribution >= 4 is 40.5 Å². The molecule has 1 N–H and O–H groups in total. The highest BCUT2D eigenvalue weighted by molar-refractivity contribution is 6.38. The number of hydrogen-bond acceptors (Lipinski definition) is 5. The maximum Gasteiger partial charge on any atom is 0.410 e. The van der Waals surface area contributed by atoms with E-state index in [9.17, 15) is 9.59 Å². The number of halogens is 1. The number of anilines is 1. The lowest BCUT2D eigenvalue weighted by Gasteiger charge is -2.34. The van der Waals surface area contributed by atoms with Crippen LogP contribution in [0.4, 0.5) is 10.6 Å². The number of carbonyl (C=O) groups excluding carboxylic acids is 2. The number of ether oxygens (including phenoxy) is 1. The van der Waals surface area contributed by atoms with Crippen LogP contribution < -0.4 is 4.90 Å². The van der Waals surface area contributed by atoms with Crippen molar-refractivity contribution in [3.05, 3.63) is 41.3 Å². The summed E-state index contributed by atoms with van der Waals surface area (Å²) in [4.78, 5) is 40.4. The Morgan fingerprint density at radius 3 is 2.73 bits per heavy atom. The average molecular weight is 468 g/mol. The van der Waals surface area contributed by atoms with Crippen molar-refractivity contribution in [2.24, 2.45) is 0 Å². The molecule has 0 spiro atoms. The number of amides is 2. The van der Waals surface area contributed by atoms with Gasteiger partial charge in [0.05, 0.1) is 5.02 Å². The van der Waals surface area contributed by atoms with Crippen LogP contribution in [0.5, 0.6) is 0 Å². The predicted molar refractivity (Wildman–Crippen MR) is 126 cm³/mol. The molecule has 2 fully saturated rings. The van der Waals surface area contributed by atoms with Crippen molar-refractivity contribution in [3.8, 4) is 11.1 Å². The third-order valence-corrected chi connectivity index (χ3v) is 6.28. The number of aromatic nitrogens is 3. The topological polar surface area (TPSA) is 91.4 Å². The van der Waals surface area contributed by atoms with Crippen LogP contribution in [-0.2, 0) is 9.53 Å². The number of rotatable bonds is 3. The number of nitrogens with one attached hydrogen (secondary N) is 1. The summed E-state index contributed by atoms with van der Waals surface area (Å²) in [6.45, 7) is 6.06. The molecule has 4 heterocycles. The van der Waals surface area contributed by atoms with E-state index >= 15 is 0 Å². The van der Waals surface area contributed by atoms with E-state index in [-0.39, 0.29) is 12.5 Å². The zero-order chi connectivity index (χ0) is 23.3. The summed E-state index contributed by atoms with van der Waals surface area (Å²) in [5.74, 6) is 0.854. The van der Waals surface area contributed by atoms with Crippen molar-refractivity contribution < 1.29 is 14.3 Å². The van der Waals surface area contributed by atoms with E-state index in [2.05, 4.69) is 15.0 Å². The van der Waals surface area contributed by atoms with Crippen molar-refractivity contribution in [2.45, 2.75) is 45.1 Å². The van der Waals surface area contributed by atoms with Crippen molar-refractivity contribution in [1.82, 2.24) is 19.9 Å². The molecule has 1 aliphatic heterocycles. The molecule has 0 atom stereocenters. The summed E-state index contributed by atoms with van der Waals surface area (Å²) < 4.78 is 5.39. The minimum Gasteiger partial charge on any atom is -0.444 e. The molecule has 1 aliphatic carbocycles. The van der Waals surface area contributed by atoms with Gasteiger partial charge in [0.1, 0.15) is 23.6 Å². The van der Waals surface area contributed by atoms with E-state index in [1.807, 2.05) is 18.3 Å². The Kier molecular flexibility index (Phi) is 5.28. The van der Waals surface area contributed by atoms with Crippen LogP contribution in [0.25, 0.3) is 22.2 Å². The van der Waals surface area contributed by atoms with Gasteiger partial charge in [-0.25, -0.2) is 14.8 Å². The van der Waals surface area contributed by atoms with E-state index in [0.29, 0.717) is 29.8 Å². The fraction of sp³-hybridized carbons (Fsp3) is 0.417. The van der Waals surface area contributed by atoms with Gasteiger partial charge in [-0.1, -0.05) is 11.6 Å². The quantitative estimate of drug-likeness (QED) is 0.600. The fourth-order valence-electron chi connectivity index (χ4n) is 4.13. The molecule has 9 heteroatoms. The maximum absolute atomic E-state index is 12.9. The highest BCUT2D eigenvalue weighted by atomic mass is 35.5. The van der Waals surface area contributed by atoms with E-state index in [1.165, 1.54) is 23.3 Å². The molecule has 0 unspecified atom stereocenters. The van der Waals surface area contributed by atoms with Gasteiger partial charge in [-0.2, -0.15) is 0 Å². The molecule has 0 bridgehead atoms. The molecule has 3 aromatic heterocycles. The number of hydrogen-bond donors (Lipinski definition) is 1. The smallest absolute Gasteiger partial charge is 0.410 e. The van der Waals surface area contributed by atoms with Gasteiger partial charge in [0.25, 0.3) is 0 Å². The molecule has 8 nitrogen and oxygen atoms in total. The first-order chi connectivity index (χ1) is 15.7. The largest absolute Gasteiger partial charge is 0.444 e. The Balaban J connectivity index is 1.39. The minimum atomic E-state index is -0.611. The third kappa shape index (κ3) is 4.27. The number of pyridine rings is 2. The molecule has 0 radical (unpaired) electrons. The Hall–Kier alpha value is -3.13. The Bertz CT molecular complexity index is 1240. The zero-order valence-corrected chi connectivity index (χ0v) is 19.6. The van der Waals surface area contributed by atoms with Crippen LogP contribution in [0.2, 0.25) is 5.02 Å². The summed E-state index contributed by atoms with van der Waals surface area (Å²) in [7, 11) is 0. The molecule has 33 heavy (non-hydrogen) atoms. The maximum atomic E-state index is 12.9. The zero-order valence-electron chi connectivity index (χ0n) is 18.9. The summed E-state index contributed by atoms with van der Waals surface area (Å²) >= 11 is 6.85. The first-order valence-electron chi connectivity index (χ1n) is 11.1. The molecule has 3 aromatic rings. The lowest BCUT2D eigenvalue weighted by Crippen LogP contribution is -2.53. The van der Waals surface area contributed by atoms with E-state index in [0.717, 1.165) is 22.2 Å². The Morgan fingerprint density at radius 1 is 1.24 bits per heavy atom. The first-order valence-corrected chi connectivity index (χ1v) is 11.5. The molecular weight excluding hydrogens is 442 g/mol. The third-order valence-electron chi connectivity index (χ3n) is 5.89. The van der Waals surface area contributed by atoms with Gasteiger partial charge >= 0.3 is 6.09 Å². The standard InChI is InChI=1S/C24H26ClN5O3/c1-24(2,3)33-23(32)29-8-9-30(19(31)13-29)18-10-15(6-7-26-18)17-12-28-22-20(21(17)25)16(11-27-22)14-4-5-14/h6-7,10-12,14H,4-5,8-9,13H2,1-3H3,(H,27,28). The first kappa shape index (κ1) is 21.7. The van der Waals surface area contributed by atoms with Gasteiger partial charge in [-0.3, -0.25) is 14.6 Å². The summed E-state index contributed by atoms with van der Waals surface area (Å²) in [6, 6.07) is 3.71. The lowest BCUT2D eigenvalue weighted by molar-refractivity contribution is -0.121. The highest BCUT2D eigenvalue weighted by Gasteiger charge is 2.32. The number of nitrogens with zero attached hydrogens (tertiary/aromatic N) is 4. The molecule has 0 aromatic carbocycles. The second-order valence-corrected chi connectivity index (χ2v) is 9.96. The van der Waals surface area contributed by atoms with Gasteiger partial charge in [-0.05, 0) is 62.8 Å².